The molecule has 0 saturated carbocycles. The summed E-state index contributed by atoms with van der Waals surface area (Å²) in [5, 5.41) is 12.3. The molecule has 1 aliphatic heterocycles. The van der Waals surface area contributed by atoms with E-state index >= 15 is 0 Å². The molecule has 3 nitrogen and oxygen atoms in total. The van der Waals surface area contributed by atoms with Gasteiger partial charge < -0.3 is 5.11 Å². The van der Waals surface area contributed by atoms with Crippen LogP contribution in [-0.2, 0) is 5.54 Å². The standard InChI is InChI=1S/C11H18N2OS/c1-11(2,10-12-4-6-15-10)13-5-3-9(7-13)8-14/h4,6,9,14H,3,5,7-8H2,1-2H3. The zero-order chi connectivity index (χ0) is 10.9. The molecule has 2 rings (SSSR count). The summed E-state index contributed by atoms with van der Waals surface area (Å²) in [5.41, 5.74) is 0.0120. The molecule has 2 heterocycles. The average Bonchev–Trinajstić information content (AvgIpc) is 2.89. The first-order valence-electron chi connectivity index (χ1n) is 5.40. The van der Waals surface area contributed by atoms with E-state index in [1.54, 1.807) is 11.3 Å². The molecule has 0 spiro atoms. The van der Waals surface area contributed by atoms with Crippen molar-refractivity contribution < 1.29 is 5.11 Å². The number of likely N-dealkylation sites (tertiary alicyclic amines) is 1. The maximum absolute atomic E-state index is 9.14. The van der Waals surface area contributed by atoms with Crippen LogP contribution in [0.15, 0.2) is 11.6 Å². The number of hydrogen-bond acceptors (Lipinski definition) is 4. The van der Waals surface area contributed by atoms with Crippen molar-refractivity contribution in [1.82, 2.24) is 9.88 Å². The fourth-order valence-electron chi connectivity index (χ4n) is 2.15. The van der Waals surface area contributed by atoms with Crippen LogP contribution >= 0.6 is 11.3 Å². The topological polar surface area (TPSA) is 36.4 Å². The highest BCUT2D eigenvalue weighted by molar-refractivity contribution is 7.09. The Bertz CT molecular complexity index is 310. The number of nitrogens with zero attached hydrogens (tertiary/aromatic N) is 2. The van der Waals surface area contributed by atoms with Crippen LogP contribution in [0.25, 0.3) is 0 Å². The fraction of sp³-hybridized carbons (Fsp3) is 0.727. The van der Waals surface area contributed by atoms with Gasteiger partial charge in [0, 0.05) is 24.7 Å². The molecule has 4 heteroatoms. The van der Waals surface area contributed by atoms with Gasteiger partial charge in [-0.05, 0) is 32.7 Å². The average molecular weight is 226 g/mol. The lowest BCUT2D eigenvalue weighted by Crippen LogP contribution is -2.40. The van der Waals surface area contributed by atoms with Gasteiger partial charge in [-0.25, -0.2) is 4.98 Å². The highest BCUT2D eigenvalue weighted by Gasteiger charge is 2.35. The molecule has 0 amide bonds. The second-order valence-electron chi connectivity index (χ2n) is 4.68. The van der Waals surface area contributed by atoms with Gasteiger partial charge in [0.1, 0.15) is 5.01 Å². The van der Waals surface area contributed by atoms with E-state index < -0.39 is 0 Å². The normalized spacial score (nSPS) is 23.5. The number of aromatic nitrogens is 1. The van der Waals surface area contributed by atoms with Gasteiger partial charge in [-0.1, -0.05) is 0 Å². The Labute approximate surface area is 94.8 Å². The number of rotatable bonds is 3. The van der Waals surface area contributed by atoms with E-state index in [-0.39, 0.29) is 5.54 Å². The van der Waals surface area contributed by atoms with E-state index in [0.717, 1.165) is 19.5 Å². The predicted molar refractivity (Wildman–Crippen MR) is 61.9 cm³/mol. The lowest BCUT2D eigenvalue weighted by molar-refractivity contribution is 0.138. The quantitative estimate of drug-likeness (QED) is 0.852. The Balaban J connectivity index is 2.10. The smallest absolute Gasteiger partial charge is 0.112 e. The summed E-state index contributed by atoms with van der Waals surface area (Å²) in [5.74, 6) is 0.448. The minimum Gasteiger partial charge on any atom is -0.396 e. The SMILES string of the molecule is CC(C)(c1nccs1)N1CCC(CO)C1. The zero-order valence-electron chi connectivity index (χ0n) is 9.31. The number of thiazole rings is 1. The molecule has 15 heavy (non-hydrogen) atoms. The van der Waals surface area contributed by atoms with Gasteiger partial charge in [0.25, 0.3) is 0 Å². The Kier molecular flexibility index (Phi) is 3.09. The van der Waals surface area contributed by atoms with Gasteiger partial charge in [0.2, 0.25) is 0 Å². The molecule has 1 fully saturated rings. The van der Waals surface area contributed by atoms with E-state index in [4.69, 9.17) is 5.11 Å². The predicted octanol–water partition coefficient (Wildman–Crippen LogP) is 1.69. The largest absolute Gasteiger partial charge is 0.396 e. The summed E-state index contributed by atoms with van der Waals surface area (Å²) in [6.45, 7) is 6.79. The molecule has 1 aliphatic rings. The summed E-state index contributed by atoms with van der Waals surface area (Å²) < 4.78 is 0. The Morgan fingerprint density at radius 3 is 3.00 bits per heavy atom. The Morgan fingerprint density at radius 2 is 2.47 bits per heavy atom. The van der Waals surface area contributed by atoms with Crippen LogP contribution in [0.3, 0.4) is 0 Å². The van der Waals surface area contributed by atoms with E-state index in [9.17, 15) is 0 Å². The number of aliphatic hydroxyl groups excluding tert-OH is 1. The maximum atomic E-state index is 9.14. The molecule has 1 aromatic rings. The molecule has 1 N–H and O–H groups in total. The van der Waals surface area contributed by atoms with Crippen molar-refractivity contribution in [1.29, 1.82) is 0 Å². The number of aliphatic hydroxyl groups is 1. The van der Waals surface area contributed by atoms with E-state index in [1.807, 2.05) is 11.6 Å². The summed E-state index contributed by atoms with van der Waals surface area (Å²) in [6.07, 6.45) is 2.96. The van der Waals surface area contributed by atoms with Gasteiger partial charge in [0.15, 0.2) is 0 Å². The molecule has 1 saturated heterocycles. The third-order valence-corrected chi connectivity index (χ3v) is 4.38. The second-order valence-corrected chi connectivity index (χ2v) is 5.57. The van der Waals surface area contributed by atoms with Crippen LogP contribution in [-0.4, -0.2) is 34.7 Å². The molecule has 1 aromatic heterocycles. The molecule has 0 bridgehead atoms. The van der Waals surface area contributed by atoms with E-state index in [0.29, 0.717) is 12.5 Å². The molecule has 84 valence electrons. The van der Waals surface area contributed by atoms with Crippen molar-refractivity contribution in [3.8, 4) is 0 Å². The summed E-state index contributed by atoms with van der Waals surface area (Å²) in [6, 6.07) is 0. The second kappa shape index (κ2) is 4.20. The van der Waals surface area contributed by atoms with Crippen LogP contribution in [0, 0.1) is 5.92 Å². The lowest BCUT2D eigenvalue weighted by atomic mass is 10.0. The van der Waals surface area contributed by atoms with Crippen molar-refractivity contribution in [2.75, 3.05) is 19.7 Å². The maximum Gasteiger partial charge on any atom is 0.112 e. The summed E-state index contributed by atoms with van der Waals surface area (Å²) >= 11 is 1.71. The molecule has 1 unspecified atom stereocenters. The van der Waals surface area contributed by atoms with Gasteiger partial charge in [-0.2, -0.15) is 0 Å². The van der Waals surface area contributed by atoms with Crippen LogP contribution in [0.4, 0.5) is 0 Å². The first-order valence-corrected chi connectivity index (χ1v) is 6.28. The molecular weight excluding hydrogens is 208 g/mol. The van der Waals surface area contributed by atoms with Gasteiger partial charge in [0.05, 0.1) is 5.54 Å². The third kappa shape index (κ3) is 2.07. The van der Waals surface area contributed by atoms with Crippen LogP contribution < -0.4 is 0 Å². The van der Waals surface area contributed by atoms with Gasteiger partial charge in [-0.15, -0.1) is 11.3 Å². The minimum absolute atomic E-state index is 0.0120. The Morgan fingerprint density at radius 1 is 1.67 bits per heavy atom. The van der Waals surface area contributed by atoms with Crippen molar-refractivity contribution in [3.05, 3.63) is 16.6 Å². The first-order chi connectivity index (χ1) is 7.14. The fourth-order valence-corrected chi connectivity index (χ4v) is 2.94. The zero-order valence-corrected chi connectivity index (χ0v) is 10.1. The minimum atomic E-state index is 0.0120. The third-order valence-electron chi connectivity index (χ3n) is 3.29. The van der Waals surface area contributed by atoms with Crippen molar-refractivity contribution in [2.45, 2.75) is 25.8 Å². The first kappa shape index (κ1) is 11.0. The molecule has 0 aromatic carbocycles. The molecule has 1 atom stereocenters. The van der Waals surface area contributed by atoms with Crippen molar-refractivity contribution >= 4 is 11.3 Å². The van der Waals surface area contributed by atoms with Crippen LogP contribution in [0.2, 0.25) is 0 Å². The van der Waals surface area contributed by atoms with Crippen LogP contribution in [0.5, 0.6) is 0 Å². The molecular formula is C11H18N2OS. The monoisotopic (exact) mass is 226 g/mol. The highest BCUT2D eigenvalue weighted by atomic mass is 32.1. The summed E-state index contributed by atoms with van der Waals surface area (Å²) in [4.78, 5) is 6.82. The van der Waals surface area contributed by atoms with Gasteiger partial charge in [-0.3, -0.25) is 4.90 Å². The Hall–Kier alpha value is -0.450. The van der Waals surface area contributed by atoms with Crippen molar-refractivity contribution in [2.24, 2.45) is 5.92 Å². The molecule has 0 aliphatic carbocycles. The van der Waals surface area contributed by atoms with E-state index in [2.05, 4.69) is 23.7 Å². The lowest BCUT2D eigenvalue weighted by Gasteiger charge is -2.33. The van der Waals surface area contributed by atoms with E-state index in [1.165, 1.54) is 5.01 Å². The molecule has 0 radical (unpaired) electrons. The van der Waals surface area contributed by atoms with Crippen molar-refractivity contribution in [3.63, 3.8) is 0 Å². The number of hydrogen-bond donors (Lipinski definition) is 1. The highest BCUT2D eigenvalue weighted by Crippen LogP contribution is 2.33. The van der Waals surface area contributed by atoms with Gasteiger partial charge >= 0.3 is 0 Å². The van der Waals surface area contributed by atoms with Crippen LogP contribution in [0.1, 0.15) is 25.3 Å². The summed E-state index contributed by atoms with van der Waals surface area (Å²) in [7, 11) is 0.